The highest BCUT2D eigenvalue weighted by molar-refractivity contribution is 5.84. The summed E-state index contributed by atoms with van der Waals surface area (Å²) in [7, 11) is 1.75. The summed E-state index contributed by atoms with van der Waals surface area (Å²) in [6, 6.07) is 11.1. The highest BCUT2D eigenvalue weighted by atomic mass is 19.1. The molecule has 3 aromatic rings. The minimum absolute atomic E-state index is 0.222. The van der Waals surface area contributed by atoms with Crippen molar-refractivity contribution < 1.29 is 28.5 Å². The van der Waals surface area contributed by atoms with Gasteiger partial charge >= 0.3 is 5.97 Å². The van der Waals surface area contributed by atoms with Crippen LogP contribution in [0, 0.1) is 12.7 Å². The van der Waals surface area contributed by atoms with E-state index in [9.17, 15) is 14.3 Å². The highest BCUT2D eigenvalue weighted by Crippen LogP contribution is 2.49. The molecular formula is C33H38FN3O5. The Hall–Kier alpha value is -3.69. The molecule has 8 nitrogen and oxygen atoms in total. The number of hydrogen-bond acceptors (Lipinski definition) is 6. The molecule has 2 aromatic carbocycles. The number of piperidine rings is 1. The molecule has 1 aliphatic carbocycles. The van der Waals surface area contributed by atoms with Crippen molar-refractivity contribution >= 4 is 12.0 Å². The number of halogens is 1. The summed E-state index contributed by atoms with van der Waals surface area (Å²) in [6.45, 7) is 6.71. The SMILES string of the molecule is COC1(Cn2c(/C=C/C(=O)O)cnc2CN2CCC(c3cccc4c3OC(C)(c3ccc(C)cc3F)O4)CC2)CCC1. The third-order valence-electron chi connectivity index (χ3n) is 9.13. The van der Waals surface area contributed by atoms with Crippen molar-refractivity contribution in [3.63, 3.8) is 0 Å². The first-order valence-electron chi connectivity index (χ1n) is 14.7. The third-order valence-corrected chi connectivity index (χ3v) is 9.13. The van der Waals surface area contributed by atoms with E-state index in [0.717, 1.165) is 73.9 Å². The maximum Gasteiger partial charge on any atom is 0.328 e. The van der Waals surface area contributed by atoms with Crippen LogP contribution >= 0.6 is 0 Å². The number of methoxy groups -OCH3 is 1. The maximum absolute atomic E-state index is 14.9. The number of hydrogen-bond donors (Lipinski definition) is 1. The number of carboxylic acid groups (broad SMARTS) is 1. The van der Waals surface area contributed by atoms with Gasteiger partial charge in [0.2, 0.25) is 0 Å². The average molecular weight is 576 g/mol. The molecule has 42 heavy (non-hydrogen) atoms. The molecule has 6 rings (SSSR count). The molecule has 1 saturated carbocycles. The standard InChI is InChI=1S/C33H38FN3O5/c1-22-8-10-26(27(34)18-22)32(2)41-28-7-4-6-25(31(28)42-32)23-12-16-36(17-13-23)20-29-35-19-24(9-11-30(38)39)37(29)21-33(40-3)14-5-15-33/h4,6-11,18-19,23H,5,12-17,20-21H2,1-3H3,(H,38,39)/b11-9+. The lowest BCUT2D eigenvalue weighted by Crippen LogP contribution is -2.44. The predicted octanol–water partition coefficient (Wildman–Crippen LogP) is 6.02. The molecule has 0 amide bonds. The number of imidazole rings is 1. The second-order valence-electron chi connectivity index (χ2n) is 12.0. The van der Waals surface area contributed by atoms with Gasteiger partial charge in [0.1, 0.15) is 11.6 Å². The Balaban J connectivity index is 1.16. The molecule has 0 radical (unpaired) electrons. The van der Waals surface area contributed by atoms with Gasteiger partial charge < -0.3 is 23.9 Å². The quantitative estimate of drug-likeness (QED) is 0.312. The lowest BCUT2D eigenvalue weighted by Gasteiger charge is -2.41. The van der Waals surface area contributed by atoms with Crippen LogP contribution in [0.2, 0.25) is 0 Å². The Kier molecular flexibility index (Phi) is 7.57. The molecular weight excluding hydrogens is 537 g/mol. The van der Waals surface area contributed by atoms with Gasteiger partial charge in [0.05, 0.1) is 36.1 Å². The van der Waals surface area contributed by atoms with Gasteiger partial charge in [0.15, 0.2) is 11.5 Å². The molecule has 0 bridgehead atoms. The smallest absolute Gasteiger partial charge is 0.328 e. The van der Waals surface area contributed by atoms with Crippen molar-refractivity contribution in [2.75, 3.05) is 20.2 Å². The second-order valence-corrected chi connectivity index (χ2v) is 12.0. The Bertz CT molecular complexity index is 1500. The maximum atomic E-state index is 14.9. The Morgan fingerprint density at radius 2 is 2.00 bits per heavy atom. The van der Waals surface area contributed by atoms with Gasteiger partial charge in [0.25, 0.3) is 5.79 Å². The number of nitrogens with zero attached hydrogens (tertiary/aromatic N) is 3. The summed E-state index contributed by atoms with van der Waals surface area (Å²) < 4.78 is 35.5. The van der Waals surface area contributed by atoms with E-state index in [1.165, 1.54) is 6.07 Å². The third kappa shape index (κ3) is 5.43. The molecule has 1 atom stereocenters. The first-order chi connectivity index (χ1) is 20.2. The van der Waals surface area contributed by atoms with Gasteiger partial charge in [-0.05, 0) is 87.9 Å². The monoisotopic (exact) mass is 575 g/mol. The van der Waals surface area contributed by atoms with Crippen LogP contribution in [-0.2, 0) is 28.4 Å². The molecule has 9 heteroatoms. The molecule has 2 aliphatic heterocycles. The van der Waals surface area contributed by atoms with E-state index >= 15 is 0 Å². The molecule has 222 valence electrons. The van der Waals surface area contributed by atoms with Crippen molar-refractivity contribution in [3.8, 4) is 11.5 Å². The minimum Gasteiger partial charge on any atom is -0.478 e. The number of para-hydroxylation sites is 1. The molecule has 0 spiro atoms. The van der Waals surface area contributed by atoms with E-state index < -0.39 is 11.8 Å². The number of benzene rings is 2. The van der Waals surface area contributed by atoms with Crippen molar-refractivity contribution in [1.82, 2.24) is 14.5 Å². The minimum atomic E-state index is -1.22. The summed E-state index contributed by atoms with van der Waals surface area (Å²) in [5.74, 6) is -0.00323. The fraction of sp³-hybridized carbons (Fsp3) is 0.455. The van der Waals surface area contributed by atoms with Crippen LogP contribution < -0.4 is 9.47 Å². The predicted molar refractivity (Wildman–Crippen MR) is 156 cm³/mol. The zero-order valence-corrected chi connectivity index (χ0v) is 24.4. The number of aromatic nitrogens is 2. The van der Waals surface area contributed by atoms with Gasteiger partial charge in [-0.15, -0.1) is 0 Å². The van der Waals surface area contributed by atoms with Crippen molar-refractivity contribution in [2.24, 2.45) is 0 Å². The zero-order valence-electron chi connectivity index (χ0n) is 24.4. The second kappa shape index (κ2) is 11.2. The van der Waals surface area contributed by atoms with Crippen LogP contribution in [0.3, 0.4) is 0 Å². The lowest BCUT2D eigenvalue weighted by molar-refractivity contribution is -0.131. The molecule has 1 aromatic heterocycles. The topological polar surface area (TPSA) is 86.0 Å². The fourth-order valence-electron chi connectivity index (χ4n) is 6.48. The van der Waals surface area contributed by atoms with E-state index in [1.54, 1.807) is 32.4 Å². The Labute approximate surface area is 245 Å². The van der Waals surface area contributed by atoms with Gasteiger partial charge in [-0.3, -0.25) is 4.90 Å². The highest BCUT2D eigenvalue weighted by Gasteiger charge is 2.43. The van der Waals surface area contributed by atoms with E-state index in [1.807, 2.05) is 25.1 Å². The number of fused-ring (bicyclic) bond motifs is 1. The van der Waals surface area contributed by atoms with Gasteiger partial charge in [-0.1, -0.05) is 18.2 Å². The van der Waals surface area contributed by atoms with Crippen LogP contribution in [0.15, 0.2) is 48.7 Å². The largest absolute Gasteiger partial charge is 0.478 e. The summed E-state index contributed by atoms with van der Waals surface area (Å²) >= 11 is 0. The number of carbonyl (C=O) groups is 1. The Morgan fingerprint density at radius 1 is 1.21 bits per heavy atom. The molecule has 1 unspecified atom stereocenters. The first kappa shape index (κ1) is 28.4. The molecule has 3 heterocycles. The summed E-state index contributed by atoms with van der Waals surface area (Å²) in [4.78, 5) is 18.3. The van der Waals surface area contributed by atoms with E-state index in [2.05, 4.69) is 15.5 Å². The number of ether oxygens (including phenoxy) is 3. The Morgan fingerprint density at radius 3 is 2.67 bits per heavy atom. The van der Waals surface area contributed by atoms with Crippen molar-refractivity contribution in [2.45, 2.75) is 76.3 Å². The van der Waals surface area contributed by atoms with E-state index in [-0.39, 0.29) is 17.3 Å². The zero-order chi connectivity index (χ0) is 29.5. The summed E-state index contributed by atoms with van der Waals surface area (Å²) in [6.07, 6.45) is 9.49. The van der Waals surface area contributed by atoms with Crippen LogP contribution in [0.1, 0.15) is 73.2 Å². The molecule has 2 fully saturated rings. The van der Waals surface area contributed by atoms with Crippen LogP contribution in [0.4, 0.5) is 4.39 Å². The van der Waals surface area contributed by atoms with Crippen LogP contribution in [0.25, 0.3) is 6.08 Å². The van der Waals surface area contributed by atoms with Gasteiger partial charge in [-0.2, -0.15) is 0 Å². The van der Waals surface area contributed by atoms with Crippen molar-refractivity contribution in [3.05, 3.63) is 82.7 Å². The number of rotatable bonds is 9. The fourth-order valence-corrected chi connectivity index (χ4v) is 6.48. The average Bonchev–Trinajstić information content (AvgIpc) is 3.49. The number of aryl methyl sites for hydroxylation is 1. The van der Waals surface area contributed by atoms with Gasteiger partial charge in [-0.25, -0.2) is 14.2 Å². The molecule has 3 aliphatic rings. The van der Waals surface area contributed by atoms with Crippen LogP contribution in [0.5, 0.6) is 11.5 Å². The van der Waals surface area contributed by atoms with Crippen molar-refractivity contribution in [1.29, 1.82) is 0 Å². The summed E-state index contributed by atoms with van der Waals surface area (Å²) in [5, 5.41) is 9.17. The van der Waals surface area contributed by atoms with E-state index in [4.69, 9.17) is 19.2 Å². The number of carboxylic acids is 1. The number of aliphatic carboxylic acids is 1. The normalized spacial score (nSPS) is 22.0. The van der Waals surface area contributed by atoms with Gasteiger partial charge in [0, 0.05) is 25.7 Å². The van der Waals surface area contributed by atoms with E-state index in [0.29, 0.717) is 30.2 Å². The molecule has 1 N–H and O–H groups in total. The molecule has 1 saturated heterocycles. The summed E-state index contributed by atoms with van der Waals surface area (Å²) in [5.41, 5.74) is 2.88. The van der Waals surface area contributed by atoms with Crippen LogP contribution in [-0.4, -0.2) is 51.3 Å². The first-order valence-corrected chi connectivity index (χ1v) is 14.7. The lowest BCUT2D eigenvalue weighted by atomic mass is 9.80. The number of likely N-dealkylation sites (tertiary alicyclic amines) is 1.